The minimum absolute atomic E-state index is 0.391. The first-order chi connectivity index (χ1) is 13.2. The predicted molar refractivity (Wildman–Crippen MR) is 106 cm³/mol. The van der Waals surface area contributed by atoms with Gasteiger partial charge in [-0.15, -0.1) is 0 Å². The smallest absolute Gasteiger partial charge is 0.345 e. The first-order valence-corrected chi connectivity index (χ1v) is 8.88. The molecule has 0 bridgehead atoms. The molecule has 1 N–H and O–H groups in total. The largest absolute Gasteiger partial charge is 0.423 e. The van der Waals surface area contributed by atoms with E-state index in [2.05, 4.69) is 36.2 Å². The molecule has 0 aliphatic carbocycles. The summed E-state index contributed by atoms with van der Waals surface area (Å²) in [6, 6.07) is 16.3. The molecule has 2 heterocycles. The number of carbonyl (C=O) groups excluding carboxylic acids is 1. The van der Waals surface area contributed by atoms with E-state index >= 15 is 0 Å². The Labute approximate surface area is 163 Å². The molecule has 0 unspecified atom stereocenters. The number of nitrogens with one attached hydrogen (secondary N) is 1. The summed E-state index contributed by atoms with van der Waals surface area (Å²) in [6.07, 6.45) is 4.58. The zero-order valence-electron chi connectivity index (χ0n) is 14.0. The number of hydrogen-bond donors (Lipinski definition) is 1. The normalized spacial score (nSPS) is 10.6. The molecule has 0 saturated carbocycles. The van der Waals surface area contributed by atoms with Crippen molar-refractivity contribution in [1.29, 1.82) is 0 Å². The van der Waals surface area contributed by atoms with E-state index in [-0.39, 0.29) is 0 Å². The lowest BCUT2D eigenvalue weighted by Gasteiger charge is -2.10. The zero-order valence-corrected chi connectivity index (χ0v) is 15.6. The number of nitrogens with zero attached hydrogens (tertiary/aromatic N) is 3. The summed E-state index contributed by atoms with van der Waals surface area (Å²) in [6.45, 7) is 0. The first kappa shape index (κ1) is 17.1. The van der Waals surface area contributed by atoms with Gasteiger partial charge in [0.15, 0.2) is 0 Å². The molecule has 0 spiro atoms. The van der Waals surface area contributed by atoms with Crippen molar-refractivity contribution in [3.05, 3.63) is 83.4 Å². The second-order valence-corrected chi connectivity index (χ2v) is 6.58. The summed E-state index contributed by atoms with van der Waals surface area (Å²) < 4.78 is 6.36. The third-order valence-corrected chi connectivity index (χ3v) is 4.30. The van der Waals surface area contributed by atoms with Crippen LogP contribution in [0.2, 0.25) is 0 Å². The lowest BCUT2D eigenvalue weighted by atomic mass is 10.2. The Morgan fingerprint density at radius 2 is 1.96 bits per heavy atom. The number of esters is 1. The third kappa shape index (κ3) is 3.93. The summed E-state index contributed by atoms with van der Waals surface area (Å²) >= 11 is 3.47. The first-order valence-electron chi connectivity index (χ1n) is 8.08. The summed E-state index contributed by atoms with van der Waals surface area (Å²) in [5.41, 5.74) is 1.96. The number of rotatable bonds is 4. The van der Waals surface area contributed by atoms with Crippen molar-refractivity contribution in [2.75, 3.05) is 5.32 Å². The Hall–Kier alpha value is -3.32. The Bertz CT molecular complexity index is 1120. The Morgan fingerprint density at radius 1 is 1.04 bits per heavy atom. The maximum Gasteiger partial charge on any atom is 0.345 e. The van der Waals surface area contributed by atoms with Crippen LogP contribution in [0.25, 0.3) is 10.9 Å². The van der Waals surface area contributed by atoms with Gasteiger partial charge in [0.2, 0.25) is 0 Å². The van der Waals surface area contributed by atoms with Crippen LogP contribution >= 0.6 is 15.9 Å². The summed E-state index contributed by atoms with van der Waals surface area (Å²) in [7, 11) is 0. The number of halogens is 1. The average Bonchev–Trinajstić information content (AvgIpc) is 2.69. The maximum atomic E-state index is 12.2. The lowest BCUT2D eigenvalue weighted by Crippen LogP contribution is -2.08. The average molecular weight is 421 g/mol. The van der Waals surface area contributed by atoms with E-state index in [4.69, 9.17) is 4.74 Å². The zero-order chi connectivity index (χ0) is 18.6. The van der Waals surface area contributed by atoms with Gasteiger partial charge in [-0.05, 0) is 42.5 Å². The summed E-state index contributed by atoms with van der Waals surface area (Å²) in [5, 5.41) is 4.13. The Balaban J connectivity index is 1.58. The fourth-order valence-electron chi connectivity index (χ4n) is 2.55. The molecule has 6 nitrogen and oxygen atoms in total. The highest BCUT2D eigenvalue weighted by Crippen LogP contribution is 2.27. The van der Waals surface area contributed by atoms with Crippen LogP contribution in [0.1, 0.15) is 10.4 Å². The molecule has 2 aromatic heterocycles. The van der Waals surface area contributed by atoms with Crippen molar-refractivity contribution in [2.24, 2.45) is 0 Å². The molecule has 7 heteroatoms. The quantitative estimate of drug-likeness (QED) is 0.379. The highest BCUT2D eigenvalue weighted by Gasteiger charge is 2.10. The van der Waals surface area contributed by atoms with Gasteiger partial charge in [-0.3, -0.25) is 4.98 Å². The highest BCUT2D eigenvalue weighted by atomic mass is 79.9. The molecule has 0 aliphatic heterocycles. The lowest BCUT2D eigenvalue weighted by molar-refractivity contribution is 0.0734. The van der Waals surface area contributed by atoms with E-state index in [9.17, 15) is 4.79 Å². The van der Waals surface area contributed by atoms with Gasteiger partial charge in [0.25, 0.3) is 0 Å². The molecule has 132 valence electrons. The number of fused-ring (bicyclic) bond motifs is 1. The monoisotopic (exact) mass is 420 g/mol. The molecule has 4 aromatic rings. The summed E-state index contributed by atoms with van der Waals surface area (Å²) in [4.78, 5) is 24.7. The number of benzene rings is 2. The molecule has 2 aromatic carbocycles. The van der Waals surface area contributed by atoms with Crippen LogP contribution in [0.4, 0.5) is 11.5 Å². The minimum atomic E-state index is -0.461. The number of hydrogen-bond acceptors (Lipinski definition) is 6. The van der Waals surface area contributed by atoms with Gasteiger partial charge in [-0.2, -0.15) is 0 Å². The molecule has 4 rings (SSSR count). The predicted octanol–water partition coefficient (Wildman–Crippen LogP) is 4.75. The van der Waals surface area contributed by atoms with E-state index in [0.29, 0.717) is 17.1 Å². The molecular weight excluding hydrogens is 408 g/mol. The van der Waals surface area contributed by atoms with Gasteiger partial charge >= 0.3 is 5.97 Å². The van der Waals surface area contributed by atoms with E-state index in [1.54, 1.807) is 36.5 Å². The number of ether oxygens (including phenoxy) is 1. The summed E-state index contributed by atoms with van der Waals surface area (Å²) in [5.74, 6) is 0.627. The van der Waals surface area contributed by atoms with Crippen LogP contribution in [0.5, 0.6) is 5.75 Å². The standard InChI is InChI=1S/C20H13BrN4O2/c21-14-6-7-18-17(9-14)19(24-12-23-18)25-15-4-1-5-16(10-15)27-20(26)13-3-2-8-22-11-13/h1-12H,(H,23,24,25). The van der Waals surface area contributed by atoms with Gasteiger partial charge in [0, 0.05) is 34.0 Å². The van der Waals surface area contributed by atoms with Gasteiger partial charge < -0.3 is 10.1 Å². The third-order valence-electron chi connectivity index (χ3n) is 3.80. The van der Waals surface area contributed by atoms with Crippen molar-refractivity contribution in [2.45, 2.75) is 0 Å². The van der Waals surface area contributed by atoms with Crippen LogP contribution in [-0.4, -0.2) is 20.9 Å². The minimum Gasteiger partial charge on any atom is -0.423 e. The number of aromatic nitrogens is 3. The number of pyridine rings is 1. The van der Waals surface area contributed by atoms with Crippen molar-refractivity contribution < 1.29 is 9.53 Å². The van der Waals surface area contributed by atoms with E-state index in [1.807, 2.05) is 24.3 Å². The molecule has 0 atom stereocenters. The molecule has 0 saturated heterocycles. The van der Waals surface area contributed by atoms with E-state index < -0.39 is 5.97 Å². The van der Waals surface area contributed by atoms with Crippen LogP contribution in [-0.2, 0) is 0 Å². The van der Waals surface area contributed by atoms with Crippen molar-refractivity contribution >= 4 is 44.3 Å². The van der Waals surface area contributed by atoms with E-state index in [1.165, 1.54) is 12.5 Å². The van der Waals surface area contributed by atoms with Crippen LogP contribution in [0.3, 0.4) is 0 Å². The topological polar surface area (TPSA) is 77.0 Å². The fraction of sp³-hybridized carbons (Fsp3) is 0. The highest BCUT2D eigenvalue weighted by molar-refractivity contribution is 9.10. The number of carbonyl (C=O) groups is 1. The van der Waals surface area contributed by atoms with Crippen molar-refractivity contribution in [3.63, 3.8) is 0 Å². The second kappa shape index (κ2) is 7.51. The van der Waals surface area contributed by atoms with Gasteiger partial charge in [0.1, 0.15) is 17.9 Å². The fourth-order valence-corrected chi connectivity index (χ4v) is 2.91. The molecule has 0 amide bonds. The van der Waals surface area contributed by atoms with Crippen LogP contribution in [0.15, 0.2) is 77.8 Å². The molecule has 0 aliphatic rings. The second-order valence-electron chi connectivity index (χ2n) is 5.67. The molecule has 0 radical (unpaired) electrons. The van der Waals surface area contributed by atoms with Gasteiger partial charge in [-0.25, -0.2) is 14.8 Å². The molecule has 0 fully saturated rings. The van der Waals surface area contributed by atoms with Gasteiger partial charge in [0.05, 0.1) is 11.1 Å². The maximum absolute atomic E-state index is 12.2. The van der Waals surface area contributed by atoms with Crippen LogP contribution in [0, 0.1) is 0 Å². The Kier molecular flexibility index (Phi) is 4.76. The number of anilines is 2. The SMILES string of the molecule is O=C(Oc1cccc(Nc2ncnc3ccc(Br)cc23)c1)c1cccnc1. The van der Waals surface area contributed by atoms with Crippen molar-refractivity contribution in [3.8, 4) is 5.75 Å². The van der Waals surface area contributed by atoms with Crippen molar-refractivity contribution in [1.82, 2.24) is 15.0 Å². The van der Waals surface area contributed by atoms with E-state index in [0.717, 1.165) is 21.1 Å². The van der Waals surface area contributed by atoms with Crippen LogP contribution < -0.4 is 10.1 Å². The molecule has 27 heavy (non-hydrogen) atoms. The molecular formula is C20H13BrN4O2. The van der Waals surface area contributed by atoms with Gasteiger partial charge in [-0.1, -0.05) is 22.0 Å². The Morgan fingerprint density at radius 3 is 2.81 bits per heavy atom.